The summed E-state index contributed by atoms with van der Waals surface area (Å²) < 4.78 is 0. The van der Waals surface area contributed by atoms with E-state index in [-0.39, 0.29) is 6.03 Å². The fraction of sp³-hybridized carbons (Fsp3) is 0.929. The minimum atomic E-state index is -0.688. The van der Waals surface area contributed by atoms with Gasteiger partial charge in [0, 0.05) is 18.8 Å². The van der Waals surface area contributed by atoms with Crippen molar-refractivity contribution >= 4 is 17.8 Å². The zero-order chi connectivity index (χ0) is 13.3. The molecule has 0 aromatic heterocycles. The first-order chi connectivity index (χ1) is 9.12. The van der Waals surface area contributed by atoms with Crippen LogP contribution in [0, 0.1) is 11.3 Å². The van der Waals surface area contributed by atoms with Crippen LogP contribution in [0.5, 0.6) is 0 Å². The van der Waals surface area contributed by atoms with Crippen LogP contribution in [0.2, 0.25) is 0 Å². The van der Waals surface area contributed by atoms with Gasteiger partial charge >= 0.3 is 6.03 Å². The fourth-order valence-corrected chi connectivity index (χ4v) is 4.65. The van der Waals surface area contributed by atoms with E-state index < -0.39 is 5.60 Å². The molecule has 108 valence electrons. The van der Waals surface area contributed by atoms with Crippen LogP contribution in [-0.2, 0) is 0 Å². The molecular formula is C14H24N2O2S. The monoisotopic (exact) mass is 284 g/mol. The highest BCUT2D eigenvalue weighted by Gasteiger charge is 2.48. The van der Waals surface area contributed by atoms with E-state index >= 15 is 0 Å². The molecule has 1 atom stereocenters. The second-order valence-corrected chi connectivity index (χ2v) is 7.66. The zero-order valence-electron chi connectivity index (χ0n) is 11.4. The molecule has 1 aliphatic heterocycles. The predicted octanol–water partition coefficient (Wildman–Crippen LogP) is 1.73. The molecule has 0 bridgehead atoms. The van der Waals surface area contributed by atoms with Crippen molar-refractivity contribution in [1.82, 2.24) is 10.6 Å². The Morgan fingerprint density at radius 1 is 1.21 bits per heavy atom. The number of hydrogen-bond acceptors (Lipinski definition) is 3. The van der Waals surface area contributed by atoms with E-state index in [4.69, 9.17) is 0 Å². The first-order valence-corrected chi connectivity index (χ1v) is 8.59. The van der Waals surface area contributed by atoms with Gasteiger partial charge in [-0.15, -0.1) is 0 Å². The summed E-state index contributed by atoms with van der Waals surface area (Å²) in [6.45, 7) is 1.19. The largest absolute Gasteiger partial charge is 0.387 e. The number of nitrogens with one attached hydrogen (secondary N) is 2. The minimum absolute atomic E-state index is 0.114. The summed E-state index contributed by atoms with van der Waals surface area (Å²) in [4.78, 5) is 11.8. The van der Waals surface area contributed by atoms with Gasteiger partial charge in [0.2, 0.25) is 0 Å². The average molecular weight is 284 g/mol. The molecule has 4 nitrogen and oxygen atoms in total. The van der Waals surface area contributed by atoms with Crippen molar-refractivity contribution in [2.75, 3.05) is 24.6 Å². The lowest BCUT2D eigenvalue weighted by Gasteiger charge is -2.42. The molecule has 0 aromatic rings. The molecule has 19 heavy (non-hydrogen) atoms. The normalized spacial score (nSPS) is 32.7. The Balaban J connectivity index is 1.39. The highest BCUT2D eigenvalue weighted by molar-refractivity contribution is 7.99. The molecule has 2 amide bonds. The lowest BCUT2D eigenvalue weighted by molar-refractivity contribution is 0.0688. The maximum atomic E-state index is 11.8. The van der Waals surface area contributed by atoms with Crippen molar-refractivity contribution in [3.8, 4) is 0 Å². The lowest BCUT2D eigenvalue weighted by atomic mass is 9.65. The van der Waals surface area contributed by atoms with Gasteiger partial charge in [0.25, 0.3) is 0 Å². The molecule has 0 radical (unpaired) electrons. The number of amides is 2. The molecule has 1 heterocycles. The van der Waals surface area contributed by atoms with Gasteiger partial charge < -0.3 is 15.7 Å². The Labute approximate surface area is 119 Å². The van der Waals surface area contributed by atoms with Crippen LogP contribution >= 0.6 is 11.8 Å². The van der Waals surface area contributed by atoms with Gasteiger partial charge in [0.15, 0.2) is 0 Å². The Morgan fingerprint density at radius 3 is 2.47 bits per heavy atom. The summed E-state index contributed by atoms with van der Waals surface area (Å²) in [6.07, 6.45) is 7.35. The molecule has 5 heteroatoms. The van der Waals surface area contributed by atoms with Gasteiger partial charge in [0.1, 0.15) is 0 Å². The molecule has 3 aliphatic rings. The van der Waals surface area contributed by atoms with Gasteiger partial charge in [-0.25, -0.2) is 4.79 Å². The topological polar surface area (TPSA) is 61.4 Å². The number of carbonyl (C=O) groups is 1. The molecule has 1 saturated heterocycles. The van der Waals surface area contributed by atoms with Gasteiger partial charge in [-0.05, 0) is 49.2 Å². The number of carbonyl (C=O) groups excluding carboxylic acids is 1. The summed E-state index contributed by atoms with van der Waals surface area (Å²) in [7, 11) is 0. The molecule has 1 unspecified atom stereocenters. The maximum Gasteiger partial charge on any atom is 0.314 e. The molecule has 0 aromatic carbocycles. The van der Waals surface area contributed by atoms with Crippen molar-refractivity contribution in [1.29, 1.82) is 0 Å². The number of urea groups is 1. The van der Waals surface area contributed by atoms with Crippen LogP contribution in [0.15, 0.2) is 0 Å². The third kappa shape index (κ3) is 3.02. The quantitative estimate of drug-likeness (QED) is 0.720. The second kappa shape index (κ2) is 5.17. The van der Waals surface area contributed by atoms with Crippen LogP contribution < -0.4 is 10.6 Å². The molecule has 0 spiro atoms. The SMILES string of the molecule is O=C(NCC1(O)CCSC1)NCC1(C2CC2)CCC1. The van der Waals surface area contributed by atoms with Crippen LogP contribution in [0.3, 0.4) is 0 Å². The number of rotatable bonds is 5. The Bertz CT molecular complexity index is 347. The molecule has 3 fully saturated rings. The summed E-state index contributed by atoms with van der Waals surface area (Å²) in [6, 6.07) is -0.114. The van der Waals surface area contributed by atoms with E-state index in [1.807, 2.05) is 0 Å². The minimum Gasteiger partial charge on any atom is -0.387 e. The van der Waals surface area contributed by atoms with Crippen LogP contribution in [-0.4, -0.2) is 41.3 Å². The number of hydrogen-bond donors (Lipinski definition) is 3. The first kappa shape index (κ1) is 13.6. The van der Waals surface area contributed by atoms with E-state index in [9.17, 15) is 9.90 Å². The summed E-state index contributed by atoms with van der Waals surface area (Å²) in [5.41, 5.74) is -0.274. The van der Waals surface area contributed by atoms with E-state index in [1.165, 1.54) is 32.1 Å². The molecule has 3 rings (SSSR count). The van der Waals surface area contributed by atoms with E-state index in [1.54, 1.807) is 11.8 Å². The first-order valence-electron chi connectivity index (χ1n) is 7.44. The average Bonchev–Trinajstić information content (AvgIpc) is 3.09. The Kier molecular flexibility index (Phi) is 3.69. The van der Waals surface area contributed by atoms with Gasteiger partial charge in [0.05, 0.1) is 5.60 Å². The van der Waals surface area contributed by atoms with Gasteiger partial charge in [-0.1, -0.05) is 6.42 Å². The van der Waals surface area contributed by atoms with Crippen molar-refractivity contribution < 1.29 is 9.90 Å². The summed E-state index contributed by atoms with van der Waals surface area (Å²) in [5, 5.41) is 16.0. The summed E-state index contributed by atoms with van der Waals surface area (Å²) >= 11 is 1.75. The van der Waals surface area contributed by atoms with Crippen molar-refractivity contribution in [3.05, 3.63) is 0 Å². The molecule has 3 N–H and O–H groups in total. The highest BCUT2D eigenvalue weighted by atomic mass is 32.2. The van der Waals surface area contributed by atoms with E-state index in [0.29, 0.717) is 12.0 Å². The zero-order valence-corrected chi connectivity index (χ0v) is 12.2. The van der Waals surface area contributed by atoms with E-state index in [0.717, 1.165) is 30.4 Å². The maximum absolute atomic E-state index is 11.8. The number of thioether (sulfide) groups is 1. The van der Waals surface area contributed by atoms with E-state index in [2.05, 4.69) is 10.6 Å². The molecular weight excluding hydrogens is 260 g/mol. The Hall–Kier alpha value is -0.420. The third-order valence-electron chi connectivity index (χ3n) is 5.05. The highest BCUT2D eigenvalue weighted by Crippen LogP contribution is 2.56. The summed E-state index contributed by atoms with van der Waals surface area (Å²) in [5.74, 6) is 2.58. The number of aliphatic hydroxyl groups is 1. The second-order valence-electron chi connectivity index (χ2n) is 6.55. The molecule has 2 aliphatic carbocycles. The van der Waals surface area contributed by atoms with Crippen molar-refractivity contribution in [2.24, 2.45) is 11.3 Å². The van der Waals surface area contributed by atoms with Crippen molar-refractivity contribution in [3.63, 3.8) is 0 Å². The smallest absolute Gasteiger partial charge is 0.314 e. The standard InChI is InChI=1S/C14H24N2O2S/c17-12(16-9-14(18)6-7-19-10-14)15-8-13(4-1-5-13)11-2-3-11/h11,18H,1-10H2,(H2,15,16,17). The lowest BCUT2D eigenvalue weighted by Crippen LogP contribution is -2.50. The predicted molar refractivity (Wildman–Crippen MR) is 77.3 cm³/mol. The third-order valence-corrected chi connectivity index (χ3v) is 6.29. The van der Waals surface area contributed by atoms with Gasteiger partial charge in [-0.3, -0.25) is 0 Å². The van der Waals surface area contributed by atoms with Gasteiger partial charge in [-0.2, -0.15) is 11.8 Å². The fourth-order valence-electron chi connectivity index (χ4n) is 3.36. The van der Waals surface area contributed by atoms with Crippen LogP contribution in [0.1, 0.15) is 38.5 Å². The van der Waals surface area contributed by atoms with Crippen LogP contribution in [0.25, 0.3) is 0 Å². The van der Waals surface area contributed by atoms with Crippen LogP contribution in [0.4, 0.5) is 4.79 Å². The molecule has 2 saturated carbocycles. The van der Waals surface area contributed by atoms with Crippen molar-refractivity contribution in [2.45, 2.75) is 44.1 Å². The Morgan fingerprint density at radius 2 is 1.95 bits per heavy atom.